The molecule has 1 heterocycles. The number of aromatic nitrogens is 2. The van der Waals surface area contributed by atoms with Gasteiger partial charge in [0.2, 0.25) is 16.0 Å². The number of benzene rings is 3. The summed E-state index contributed by atoms with van der Waals surface area (Å²) < 4.78 is 33.8. The molecule has 0 atom stereocenters. The van der Waals surface area contributed by atoms with Gasteiger partial charge in [0.1, 0.15) is 5.75 Å². The van der Waals surface area contributed by atoms with E-state index < -0.39 is 10.0 Å². The van der Waals surface area contributed by atoms with Crippen LogP contribution in [-0.2, 0) is 17.1 Å². The van der Waals surface area contributed by atoms with Crippen LogP contribution in [0, 0.1) is 6.92 Å². The van der Waals surface area contributed by atoms with Gasteiger partial charge in [-0.25, -0.2) is 13.4 Å². The lowest BCUT2D eigenvalue weighted by Gasteiger charge is -2.15. The second kappa shape index (κ2) is 8.37. The first-order valence-corrected chi connectivity index (χ1v) is 12.1. The number of halogens is 1. The van der Waals surface area contributed by atoms with Crippen molar-refractivity contribution >= 4 is 50.0 Å². The fourth-order valence-corrected chi connectivity index (χ4v) is 4.59. The van der Waals surface area contributed by atoms with Crippen molar-refractivity contribution in [3.63, 3.8) is 0 Å². The number of hydrogen-bond acceptors (Lipinski definition) is 5. The molecule has 4 aromatic rings. The summed E-state index contributed by atoms with van der Waals surface area (Å²) in [5.41, 5.74) is 5.46. The zero-order valence-electron chi connectivity index (χ0n) is 18.1. The molecule has 0 saturated carbocycles. The van der Waals surface area contributed by atoms with Gasteiger partial charge in [0.15, 0.2) is 0 Å². The summed E-state index contributed by atoms with van der Waals surface area (Å²) >= 11 is 6.17. The van der Waals surface area contributed by atoms with E-state index in [-0.39, 0.29) is 0 Å². The SMILES string of the molecule is COc1cc(Cl)cc(C)c1Nc1nc2cccc(-c3ccccc3NS(C)(=O)=O)c2n1C. The van der Waals surface area contributed by atoms with E-state index in [1.165, 1.54) is 0 Å². The predicted octanol–water partition coefficient (Wildman–Crippen LogP) is 5.33. The van der Waals surface area contributed by atoms with Crippen LogP contribution in [0.1, 0.15) is 5.56 Å². The first-order valence-electron chi connectivity index (χ1n) is 9.81. The van der Waals surface area contributed by atoms with Gasteiger partial charge in [0.05, 0.1) is 35.8 Å². The Morgan fingerprint density at radius 1 is 1.06 bits per heavy atom. The van der Waals surface area contributed by atoms with E-state index >= 15 is 0 Å². The van der Waals surface area contributed by atoms with Gasteiger partial charge in [0, 0.05) is 29.3 Å². The third-order valence-electron chi connectivity index (χ3n) is 5.13. The smallest absolute Gasteiger partial charge is 0.229 e. The molecule has 32 heavy (non-hydrogen) atoms. The first-order chi connectivity index (χ1) is 15.2. The molecule has 0 bridgehead atoms. The molecule has 9 heteroatoms. The van der Waals surface area contributed by atoms with Crippen molar-refractivity contribution in [2.45, 2.75) is 6.92 Å². The molecule has 0 radical (unpaired) electrons. The number of ether oxygens (including phenoxy) is 1. The normalized spacial score (nSPS) is 11.5. The quantitative estimate of drug-likeness (QED) is 0.398. The summed E-state index contributed by atoms with van der Waals surface area (Å²) in [6.45, 7) is 1.94. The van der Waals surface area contributed by atoms with E-state index in [1.807, 2.05) is 54.9 Å². The maximum atomic E-state index is 11.9. The van der Waals surface area contributed by atoms with Crippen molar-refractivity contribution < 1.29 is 13.2 Å². The Bertz CT molecular complexity index is 1430. The zero-order chi connectivity index (χ0) is 23.0. The number of hydrogen-bond donors (Lipinski definition) is 2. The first kappa shape index (κ1) is 22.0. The number of fused-ring (bicyclic) bond motifs is 1. The molecule has 4 rings (SSSR count). The molecule has 0 aliphatic carbocycles. The topological polar surface area (TPSA) is 85.2 Å². The number of methoxy groups -OCH3 is 1. The number of imidazole rings is 1. The fourth-order valence-electron chi connectivity index (χ4n) is 3.75. The molecule has 3 aromatic carbocycles. The highest BCUT2D eigenvalue weighted by atomic mass is 35.5. The van der Waals surface area contributed by atoms with Crippen LogP contribution in [0.4, 0.5) is 17.3 Å². The van der Waals surface area contributed by atoms with Crippen molar-refractivity contribution in [1.29, 1.82) is 0 Å². The van der Waals surface area contributed by atoms with Gasteiger partial charge in [-0.2, -0.15) is 0 Å². The second-order valence-electron chi connectivity index (χ2n) is 7.51. The number of para-hydroxylation sites is 2. The number of nitrogens with zero attached hydrogens (tertiary/aromatic N) is 2. The van der Waals surface area contributed by atoms with Gasteiger partial charge in [-0.05, 0) is 30.7 Å². The molecule has 166 valence electrons. The summed E-state index contributed by atoms with van der Waals surface area (Å²) in [4.78, 5) is 4.76. The number of sulfonamides is 1. The van der Waals surface area contributed by atoms with E-state index in [0.29, 0.717) is 22.4 Å². The molecule has 0 unspecified atom stereocenters. The fraction of sp³-hybridized carbons (Fsp3) is 0.174. The molecular formula is C23H23ClN4O3S. The van der Waals surface area contributed by atoms with E-state index in [4.69, 9.17) is 21.3 Å². The Morgan fingerprint density at radius 2 is 1.78 bits per heavy atom. The van der Waals surface area contributed by atoms with Gasteiger partial charge >= 0.3 is 0 Å². The zero-order valence-corrected chi connectivity index (χ0v) is 19.7. The Hall–Kier alpha value is -3.23. The summed E-state index contributed by atoms with van der Waals surface area (Å²) in [6, 6.07) is 16.7. The molecule has 0 saturated heterocycles. The predicted molar refractivity (Wildman–Crippen MR) is 131 cm³/mol. The Labute approximate surface area is 192 Å². The van der Waals surface area contributed by atoms with Gasteiger partial charge in [-0.15, -0.1) is 0 Å². The van der Waals surface area contributed by atoms with Crippen LogP contribution in [0.15, 0.2) is 54.6 Å². The highest BCUT2D eigenvalue weighted by Crippen LogP contribution is 2.38. The lowest BCUT2D eigenvalue weighted by atomic mass is 10.0. The number of nitrogens with one attached hydrogen (secondary N) is 2. The Morgan fingerprint density at radius 3 is 2.50 bits per heavy atom. The molecule has 0 aliphatic rings. The standard InChI is InChI=1S/C23H23ClN4O3S/c1-14-12-15(24)13-20(31-3)21(14)26-23-25-19-11-7-9-17(22(19)28(23)2)16-8-5-6-10-18(16)27-32(4,29)30/h5-13,27H,1-4H3,(H,25,26). The van der Waals surface area contributed by atoms with Crippen LogP contribution < -0.4 is 14.8 Å². The lowest BCUT2D eigenvalue weighted by molar-refractivity contribution is 0.416. The molecule has 0 aliphatic heterocycles. The highest BCUT2D eigenvalue weighted by molar-refractivity contribution is 7.92. The minimum Gasteiger partial charge on any atom is -0.495 e. The lowest BCUT2D eigenvalue weighted by Crippen LogP contribution is -2.10. The highest BCUT2D eigenvalue weighted by Gasteiger charge is 2.18. The van der Waals surface area contributed by atoms with Crippen LogP contribution in [-0.4, -0.2) is 31.3 Å². The molecule has 0 amide bonds. The van der Waals surface area contributed by atoms with Crippen LogP contribution in [0.2, 0.25) is 5.02 Å². The summed E-state index contributed by atoms with van der Waals surface area (Å²) in [7, 11) is 0.0685. The average molecular weight is 471 g/mol. The minimum atomic E-state index is -3.43. The molecular weight excluding hydrogens is 448 g/mol. The maximum Gasteiger partial charge on any atom is 0.229 e. The van der Waals surface area contributed by atoms with Crippen molar-refractivity contribution in [2.75, 3.05) is 23.4 Å². The maximum absolute atomic E-state index is 11.9. The summed E-state index contributed by atoms with van der Waals surface area (Å²) in [5.74, 6) is 1.23. The molecule has 1 aromatic heterocycles. The van der Waals surface area contributed by atoms with Crippen molar-refractivity contribution in [2.24, 2.45) is 7.05 Å². The van der Waals surface area contributed by atoms with Gasteiger partial charge in [-0.3, -0.25) is 4.72 Å². The third kappa shape index (κ3) is 4.24. The molecule has 0 spiro atoms. The van der Waals surface area contributed by atoms with Gasteiger partial charge in [-0.1, -0.05) is 41.9 Å². The van der Waals surface area contributed by atoms with Crippen molar-refractivity contribution in [1.82, 2.24) is 9.55 Å². The number of aryl methyl sites for hydroxylation is 2. The van der Waals surface area contributed by atoms with Crippen LogP contribution >= 0.6 is 11.6 Å². The van der Waals surface area contributed by atoms with E-state index in [1.54, 1.807) is 25.3 Å². The average Bonchev–Trinajstić information content (AvgIpc) is 3.05. The summed E-state index contributed by atoms with van der Waals surface area (Å²) in [5, 5.41) is 3.95. The monoisotopic (exact) mass is 470 g/mol. The van der Waals surface area contributed by atoms with Gasteiger partial charge < -0.3 is 14.6 Å². The molecule has 2 N–H and O–H groups in total. The third-order valence-corrected chi connectivity index (χ3v) is 5.94. The van der Waals surface area contributed by atoms with Crippen molar-refractivity contribution in [3.8, 4) is 16.9 Å². The van der Waals surface area contributed by atoms with Crippen LogP contribution in [0.25, 0.3) is 22.2 Å². The van der Waals surface area contributed by atoms with Gasteiger partial charge in [0.25, 0.3) is 0 Å². The number of rotatable bonds is 6. The van der Waals surface area contributed by atoms with E-state index in [2.05, 4.69) is 10.0 Å². The van der Waals surface area contributed by atoms with E-state index in [9.17, 15) is 8.42 Å². The Kier molecular flexibility index (Phi) is 5.75. The number of anilines is 3. The van der Waals surface area contributed by atoms with Crippen LogP contribution in [0.3, 0.4) is 0 Å². The Balaban J connectivity index is 1.86. The minimum absolute atomic E-state index is 0.508. The summed E-state index contributed by atoms with van der Waals surface area (Å²) in [6.07, 6.45) is 1.14. The van der Waals surface area contributed by atoms with Crippen molar-refractivity contribution in [3.05, 3.63) is 65.2 Å². The molecule has 7 nitrogen and oxygen atoms in total. The molecule has 0 fully saturated rings. The second-order valence-corrected chi connectivity index (χ2v) is 9.70. The van der Waals surface area contributed by atoms with Crippen LogP contribution in [0.5, 0.6) is 5.75 Å². The van der Waals surface area contributed by atoms with E-state index in [0.717, 1.165) is 39.7 Å². The largest absolute Gasteiger partial charge is 0.495 e.